The number of carboxylic acid groups (broad SMARTS) is 1. The molecule has 2 aromatic heterocycles. The summed E-state index contributed by atoms with van der Waals surface area (Å²) in [6.45, 7) is 2.37. The fourth-order valence-electron chi connectivity index (χ4n) is 1.43. The highest BCUT2D eigenvalue weighted by atomic mass is 32.1. The Morgan fingerprint density at radius 3 is 2.94 bits per heavy atom. The maximum absolute atomic E-state index is 10.9. The van der Waals surface area contributed by atoms with E-state index in [9.17, 15) is 4.79 Å². The van der Waals surface area contributed by atoms with Crippen LogP contribution in [0.25, 0.3) is 0 Å². The predicted octanol–water partition coefficient (Wildman–Crippen LogP) is 0.248. The minimum atomic E-state index is -1.12. The van der Waals surface area contributed by atoms with Crippen molar-refractivity contribution < 1.29 is 9.90 Å². The van der Waals surface area contributed by atoms with Gasteiger partial charge in [0.15, 0.2) is 5.69 Å². The summed E-state index contributed by atoms with van der Waals surface area (Å²) < 4.78 is 1.47. The van der Waals surface area contributed by atoms with Gasteiger partial charge in [-0.15, -0.1) is 16.4 Å². The van der Waals surface area contributed by atoms with Gasteiger partial charge in [-0.3, -0.25) is 0 Å². The number of nitrogens with zero attached hydrogens (tertiary/aromatic N) is 4. The van der Waals surface area contributed by atoms with Gasteiger partial charge in [0.25, 0.3) is 0 Å². The highest BCUT2D eigenvalue weighted by Crippen LogP contribution is 2.12. The molecular weight excluding hydrogens is 242 g/mol. The van der Waals surface area contributed by atoms with Crippen molar-refractivity contribution in [2.24, 2.45) is 5.73 Å². The van der Waals surface area contributed by atoms with E-state index in [1.807, 2.05) is 12.3 Å². The molecule has 0 atom stereocenters. The molecule has 0 saturated heterocycles. The van der Waals surface area contributed by atoms with Crippen LogP contribution < -0.4 is 5.73 Å². The number of aromatic nitrogens is 4. The van der Waals surface area contributed by atoms with Crippen LogP contribution in [0.4, 0.5) is 0 Å². The van der Waals surface area contributed by atoms with Crippen molar-refractivity contribution >= 4 is 17.3 Å². The van der Waals surface area contributed by atoms with E-state index in [0.717, 1.165) is 10.7 Å². The zero-order valence-corrected chi connectivity index (χ0v) is 9.94. The Labute approximate surface area is 101 Å². The molecule has 2 aromatic rings. The molecule has 3 N–H and O–H groups in total. The molecule has 0 fully saturated rings. The molecule has 0 unspecified atom stereocenters. The SMILES string of the molecule is Cc1csc(Cn2nnc(C(=O)O)c2CN)n1. The summed E-state index contributed by atoms with van der Waals surface area (Å²) in [6.07, 6.45) is 0. The maximum Gasteiger partial charge on any atom is 0.358 e. The number of carboxylic acids is 1. The number of hydrogen-bond donors (Lipinski definition) is 2. The van der Waals surface area contributed by atoms with Gasteiger partial charge in [0.05, 0.1) is 12.2 Å². The molecule has 0 aliphatic carbocycles. The Morgan fingerprint density at radius 2 is 2.41 bits per heavy atom. The molecule has 2 rings (SSSR count). The number of hydrogen-bond acceptors (Lipinski definition) is 6. The summed E-state index contributed by atoms with van der Waals surface area (Å²) >= 11 is 1.49. The van der Waals surface area contributed by atoms with Gasteiger partial charge in [0, 0.05) is 17.6 Å². The Morgan fingerprint density at radius 1 is 1.65 bits per heavy atom. The highest BCUT2D eigenvalue weighted by Gasteiger charge is 2.18. The number of carbonyl (C=O) groups is 1. The summed E-state index contributed by atoms with van der Waals surface area (Å²) in [5.41, 5.74) is 6.75. The molecule has 90 valence electrons. The van der Waals surface area contributed by atoms with Gasteiger partial charge in [-0.2, -0.15) is 0 Å². The van der Waals surface area contributed by atoms with Gasteiger partial charge < -0.3 is 10.8 Å². The Bertz CT molecular complexity index is 547. The van der Waals surface area contributed by atoms with Crippen molar-refractivity contribution in [3.05, 3.63) is 27.5 Å². The van der Waals surface area contributed by atoms with Crippen LogP contribution in [-0.4, -0.2) is 31.1 Å². The van der Waals surface area contributed by atoms with Crippen LogP contribution in [0.1, 0.15) is 26.9 Å². The molecule has 0 saturated carbocycles. The summed E-state index contributed by atoms with van der Waals surface area (Å²) in [6, 6.07) is 0. The fourth-order valence-corrected chi connectivity index (χ4v) is 2.18. The van der Waals surface area contributed by atoms with Gasteiger partial charge in [0.2, 0.25) is 0 Å². The smallest absolute Gasteiger partial charge is 0.358 e. The lowest BCUT2D eigenvalue weighted by Gasteiger charge is -2.02. The van der Waals surface area contributed by atoms with E-state index in [1.165, 1.54) is 16.0 Å². The lowest BCUT2D eigenvalue weighted by molar-refractivity contribution is 0.0689. The van der Waals surface area contributed by atoms with Crippen molar-refractivity contribution in [2.45, 2.75) is 20.0 Å². The third kappa shape index (κ3) is 2.32. The van der Waals surface area contributed by atoms with Gasteiger partial charge in [0.1, 0.15) is 5.01 Å². The minimum absolute atomic E-state index is 0.0823. The first kappa shape index (κ1) is 11.7. The lowest BCUT2D eigenvalue weighted by Crippen LogP contribution is -2.13. The lowest BCUT2D eigenvalue weighted by atomic mass is 10.3. The summed E-state index contributed by atoms with van der Waals surface area (Å²) in [5, 5.41) is 19.1. The van der Waals surface area contributed by atoms with Crippen molar-refractivity contribution in [2.75, 3.05) is 0 Å². The summed E-state index contributed by atoms with van der Waals surface area (Å²) in [7, 11) is 0. The van der Waals surface area contributed by atoms with E-state index < -0.39 is 5.97 Å². The maximum atomic E-state index is 10.9. The van der Waals surface area contributed by atoms with Crippen LogP contribution in [0.3, 0.4) is 0 Å². The van der Waals surface area contributed by atoms with Crippen molar-refractivity contribution in [1.29, 1.82) is 0 Å². The molecule has 7 nitrogen and oxygen atoms in total. The number of aryl methyl sites for hydroxylation is 1. The van der Waals surface area contributed by atoms with Gasteiger partial charge in [-0.25, -0.2) is 14.5 Å². The van der Waals surface area contributed by atoms with E-state index >= 15 is 0 Å². The largest absolute Gasteiger partial charge is 0.476 e. The van der Waals surface area contributed by atoms with Crippen molar-refractivity contribution in [3.8, 4) is 0 Å². The molecule has 0 aliphatic rings. The fraction of sp³-hybridized carbons (Fsp3) is 0.333. The molecule has 0 aliphatic heterocycles. The molecule has 0 bridgehead atoms. The second-order valence-electron chi connectivity index (χ2n) is 3.43. The average molecular weight is 253 g/mol. The van der Waals surface area contributed by atoms with Gasteiger partial charge in [-0.1, -0.05) is 5.21 Å². The normalized spacial score (nSPS) is 10.7. The quantitative estimate of drug-likeness (QED) is 0.808. The van der Waals surface area contributed by atoms with Gasteiger partial charge in [-0.05, 0) is 6.92 Å². The monoisotopic (exact) mass is 253 g/mol. The van der Waals surface area contributed by atoms with E-state index in [0.29, 0.717) is 12.2 Å². The van der Waals surface area contributed by atoms with Crippen LogP contribution in [0.15, 0.2) is 5.38 Å². The summed E-state index contributed by atoms with van der Waals surface area (Å²) in [4.78, 5) is 15.1. The second-order valence-corrected chi connectivity index (χ2v) is 4.38. The number of nitrogens with two attached hydrogens (primary N) is 1. The zero-order chi connectivity index (χ0) is 12.4. The standard InChI is InChI=1S/C9H11N5O2S/c1-5-4-17-7(11-5)3-14-6(2-10)8(9(15)16)12-13-14/h4H,2-3,10H2,1H3,(H,15,16). The van der Waals surface area contributed by atoms with E-state index in [2.05, 4.69) is 15.3 Å². The molecule has 0 radical (unpaired) electrons. The van der Waals surface area contributed by atoms with Crippen LogP contribution in [-0.2, 0) is 13.1 Å². The zero-order valence-electron chi connectivity index (χ0n) is 9.12. The van der Waals surface area contributed by atoms with E-state index in [4.69, 9.17) is 10.8 Å². The van der Waals surface area contributed by atoms with Crippen LogP contribution >= 0.6 is 11.3 Å². The number of aromatic carboxylic acids is 1. The molecule has 0 aromatic carbocycles. The molecular formula is C9H11N5O2S. The first-order valence-electron chi connectivity index (χ1n) is 4.88. The molecule has 17 heavy (non-hydrogen) atoms. The Hall–Kier alpha value is -1.80. The van der Waals surface area contributed by atoms with Crippen molar-refractivity contribution in [1.82, 2.24) is 20.0 Å². The van der Waals surface area contributed by atoms with Gasteiger partial charge >= 0.3 is 5.97 Å². The van der Waals surface area contributed by atoms with E-state index in [1.54, 1.807) is 0 Å². The highest BCUT2D eigenvalue weighted by molar-refractivity contribution is 7.09. The number of thiazole rings is 1. The first-order chi connectivity index (χ1) is 8.11. The third-order valence-corrected chi connectivity index (χ3v) is 3.14. The average Bonchev–Trinajstić information content (AvgIpc) is 2.85. The molecule has 8 heteroatoms. The predicted molar refractivity (Wildman–Crippen MR) is 60.8 cm³/mol. The van der Waals surface area contributed by atoms with E-state index in [-0.39, 0.29) is 12.2 Å². The third-order valence-electron chi connectivity index (χ3n) is 2.19. The second kappa shape index (κ2) is 4.60. The van der Waals surface area contributed by atoms with Crippen LogP contribution in [0.2, 0.25) is 0 Å². The Balaban J connectivity index is 2.30. The number of rotatable bonds is 4. The minimum Gasteiger partial charge on any atom is -0.476 e. The first-order valence-corrected chi connectivity index (χ1v) is 5.76. The Kier molecular flexibility index (Phi) is 3.16. The summed E-state index contributed by atoms with van der Waals surface area (Å²) in [5.74, 6) is -1.12. The molecule has 0 amide bonds. The van der Waals surface area contributed by atoms with Crippen molar-refractivity contribution in [3.63, 3.8) is 0 Å². The molecule has 2 heterocycles. The van der Waals surface area contributed by atoms with Crippen LogP contribution in [0, 0.1) is 6.92 Å². The molecule has 0 spiro atoms. The van der Waals surface area contributed by atoms with Crippen LogP contribution in [0.5, 0.6) is 0 Å². The topological polar surface area (TPSA) is 107 Å².